The van der Waals surface area contributed by atoms with E-state index >= 15 is 0 Å². The highest BCUT2D eigenvalue weighted by molar-refractivity contribution is 6.36. The molecule has 0 aliphatic heterocycles. The van der Waals surface area contributed by atoms with Gasteiger partial charge in [0, 0.05) is 34.5 Å². The zero-order chi connectivity index (χ0) is 9.82. The average molecular weight is 195 g/mol. The van der Waals surface area contributed by atoms with Crippen LogP contribution in [0.2, 0.25) is 0 Å². The summed E-state index contributed by atoms with van der Waals surface area (Å²) in [4.78, 5) is 0. The average Bonchev–Trinajstić information content (AvgIpc) is 2.10. The first-order chi connectivity index (χ1) is 5.76. The monoisotopic (exact) mass is 195 g/mol. The number of rotatable bonds is 5. The second kappa shape index (κ2) is 13.6. The summed E-state index contributed by atoms with van der Waals surface area (Å²) in [6.07, 6.45) is 0. The maximum Gasteiger partial charge on any atom is 0.576 e. The Kier molecular flexibility index (Phi) is 16.6. The summed E-state index contributed by atoms with van der Waals surface area (Å²) in [5.41, 5.74) is 0. The van der Waals surface area contributed by atoms with E-state index in [4.69, 9.17) is 18.0 Å². The van der Waals surface area contributed by atoms with Crippen LogP contribution in [0.25, 0.3) is 0 Å². The minimum atomic E-state index is -1.36. The highest BCUT2D eigenvalue weighted by Gasteiger charge is 2.09. The van der Waals surface area contributed by atoms with E-state index in [0.29, 0.717) is 0 Å². The Hall–Kier alpha value is 0.0569. The molecule has 0 N–H and O–H groups in total. The van der Waals surface area contributed by atoms with E-state index in [1.165, 1.54) is 0 Å². The molecule has 0 aliphatic carbocycles. The van der Waals surface area contributed by atoms with Crippen LogP contribution in [0.4, 0.5) is 0 Å². The van der Waals surface area contributed by atoms with Crippen molar-refractivity contribution in [3.05, 3.63) is 0 Å². The van der Waals surface area contributed by atoms with E-state index in [1.807, 2.05) is 13.8 Å². The summed E-state index contributed by atoms with van der Waals surface area (Å²) in [5.74, 6) is 0. The molecule has 0 spiro atoms. The molecule has 0 atom stereocenters. The molecule has 0 aromatic rings. The van der Waals surface area contributed by atoms with Crippen LogP contribution in [0.3, 0.4) is 0 Å². The standard InChI is InChI=1S/C4H10O.C3H9O3Si/c1-3-5-4-2;1-4-7(5-2)6-3/h3-4H2,1-2H3;1-3H3. The molecule has 4 nitrogen and oxygen atoms in total. The summed E-state index contributed by atoms with van der Waals surface area (Å²) >= 11 is 0. The molecule has 0 unspecified atom stereocenters. The van der Waals surface area contributed by atoms with E-state index in [0.717, 1.165) is 13.2 Å². The topological polar surface area (TPSA) is 36.9 Å². The van der Waals surface area contributed by atoms with Gasteiger partial charge in [-0.1, -0.05) is 0 Å². The van der Waals surface area contributed by atoms with E-state index in [2.05, 4.69) is 0 Å². The van der Waals surface area contributed by atoms with Gasteiger partial charge in [0.05, 0.1) is 0 Å². The fraction of sp³-hybridized carbons (Fsp3) is 1.00. The molecule has 0 aromatic heterocycles. The van der Waals surface area contributed by atoms with E-state index in [-0.39, 0.29) is 0 Å². The SMILES string of the molecule is CCOCC.CO[Si](OC)OC. The minimum absolute atomic E-state index is 0.844. The molecule has 0 aliphatic rings. The van der Waals surface area contributed by atoms with Gasteiger partial charge in [0.1, 0.15) is 0 Å². The maximum atomic E-state index is 4.83. The van der Waals surface area contributed by atoms with Crippen molar-refractivity contribution in [1.82, 2.24) is 0 Å². The van der Waals surface area contributed by atoms with Crippen molar-refractivity contribution < 1.29 is 18.0 Å². The highest BCUT2D eigenvalue weighted by atomic mass is 28.3. The number of ether oxygens (including phenoxy) is 1. The maximum absolute atomic E-state index is 4.83. The normalized spacial score (nSPS) is 9.50. The molecule has 0 rings (SSSR count). The van der Waals surface area contributed by atoms with Crippen molar-refractivity contribution in [2.24, 2.45) is 0 Å². The van der Waals surface area contributed by atoms with Gasteiger partial charge >= 0.3 is 9.53 Å². The Balaban J connectivity index is 0. The van der Waals surface area contributed by atoms with Gasteiger partial charge in [0.25, 0.3) is 0 Å². The number of hydrogen-bond donors (Lipinski definition) is 0. The van der Waals surface area contributed by atoms with Crippen molar-refractivity contribution in [2.45, 2.75) is 13.8 Å². The lowest BCUT2D eigenvalue weighted by molar-refractivity contribution is 0.162. The van der Waals surface area contributed by atoms with Gasteiger partial charge in [-0.3, -0.25) is 0 Å². The summed E-state index contributed by atoms with van der Waals surface area (Å²) < 4.78 is 19.0. The van der Waals surface area contributed by atoms with Gasteiger partial charge in [0.2, 0.25) is 0 Å². The first-order valence-electron chi connectivity index (χ1n) is 3.83. The molecule has 12 heavy (non-hydrogen) atoms. The lowest BCUT2D eigenvalue weighted by Crippen LogP contribution is -2.21. The zero-order valence-corrected chi connectivity index (χ0v) is 9.55. The van der Waals surface area contributed by atoms with Gasteiger partial charge in [0.15, 0.2) is 0 Å². The largest absolute Gasteiger partial charge is 0.576 e. The van der Waals surface area contributed by atoms with Crippen LogP contribution < -0.4 is 0 Å². The van der Waals surface area contributed by atoms with Gasteiger partial charge < -0.3 is 18.0 Å². The van der Waals surface area contributed by atoms with Crippen molar-refractivity contribution in [3.63, 3.8) is 0 Å². The Labute approximate surface area is 76.7 Å². The Morgan fingerprint density at radius 1 is 0.833 bits per heavy atom. The van der Waals surface area contributed by atoms with E-state index < -0.39 is 9.53 Å². The molecule has 0 saturated carbocycles. The third-order valence-corrected chi connectivity index (χ3v) is 1.91. The first kappa shape index (κ1) is 14.6. The second-order valence-corrected chi connectivity index (χ2v) is 3.37. The molecule has 0 amide bonds. The zero-order valence-electron chi connectivity index (χ0n) is 8.55. The fourth-order valence-corrected chi connectivity index (χ4v) is 0.954. The molecule has 0 fully saturated rings. The molecule has 0 aromatic carbocycles. The summed E-state index contributed by atoms with van der Waals surface area (Å²) in [6, 6.07) is 0. The van der Waals surface area contributed by atoms with Crippen LogP contribution in [-0.4, -0.2) is 44.1 Å². The van der Waals surface area contributed by atoms with Gasteiger partial charge in [-0.25, -0.2) is 0 Å². The summed E-state index contributed by atoms with van der Waals surface area (Å²) in [6.45, 7) is 5.67. The molecule has 75 valence electrons. The highest BCUT2D eigenvalue weighted by Crippen LogP contribution is 1.81. The predicted molar refractivity (Wildman–Crippen MR) is 48.9 cm³/mol. The Morgan fingerprint density at radius 2 is 1.17 bits per heavy atom. The van der Waals surface area contributed by atoms with E-state index in [9.17, 15) is 0 Å². The lowest BCUT2D eigenvalue weighted by Gasteiger charge is -2.02. The van der Waals surface area contributed by atoms with Gasteiger partial charge in [-0.05, 0) is 13.8 Å². The smallest absolute Gasteiger partial charge is 0.382 e. The second-order valence-electron chi connectivity index (χ2n) is 1.64. The Bertz CT molecular complexity index is 60.9. The minimum Gasteiger partial charge on any atom is -0.382 e. The fourth-order valence-electron chi connectivity index (χ4n) is 0.454. The van der Waals surface area contributed by atoms with Crippen molar-refractivity contribution in [3.8, 4) is 0 Å². The molecular weight excluding hydrogens is 176 g/mol. The summed E-state index contributed by atoms with van der Waals surface area (Å²) in [7, 11) is 3.31. The van der Waals surface area contributed by atoms with Crippen molar-refractivity contribution >= 4 is 9.53 Å². The Morgan fingerprint density at radius 3 is 1.17 bits per heavy atom. The van der Waals surface area contributed by atoms with Gasteiger partial charge in [-0.15, -0.1) is 0 Å². The molecule has 0 heterocycles. The van der Waals surface area contributed by atoms with Gasteiger partial charge in [-0.2, -0.15) is 0 Å². The molecule has 0 saturated heterocycles. The lowest BCUT2D eigenvalue weighted by atomic mass is 10.8. The van der Waals surface area contributed by atoms with Crippen molar-refractivity contribution in [1.29, 1.82) is 0 Å². The van der Waals surface area contributed by atoms with Crippen LogP contribution in [0.1, 0.15) is 13.8 Å². The number of hydrogen-bond acceptors (Lipinski definition) is 4. The molecular formula is C7H19O4Si. The van der Waals surface area contributed by atoms with Crippen LogP contribution in [-0.2, 0) is 18.0 Å². The predicted octanol–water partition coefficient (Wildman–Crippen LogP) is 0.953. The van der Waals surface area contributed by atoms with Crippen LogP contribution in [0.15, 0.2) is 0 Å². The first-order valence-corrected chi connectivity index (χ1v) is 5.05. The third kappa shape index (κ3) is 12.7. The molecule has 1 radical (unpaired) electrons. The molecule has 0 bridgehead atoms. The van der Waals surface area contributed by atoms with Crippen LogP contribution >= 0.6 is 0 Å². The summed E-state index contributed by atoms with van der Waals surface area (Å²) in [5, 5.41) is 0. The van der Waals surface area contributed by atoms with Crippen LogP contribution in [0, 0.1) is 0 Å². The third-order valence-electron chi connectivity index (χ3n) is 0.908. The van der Waals surface area contributed by atoms with E-state index in [1.54, 1.807) is 21.3 Å². The van der Waals surface area contributed by atoms with Crippen molar-refractivity contribution in [2.75, 3.05) is 34.5 Å². The van der Waals surface area contributed by atoms with Crippen LogP contribution in [0.5, 0.6) is 0 Å². The molecule has 5 heteroatoms. The quantitative estimate of drug-likeness (QED) is 0.612.